The summed E-state index contributed by atoms with van der Waals surface area (Å²) in [6.45, 7) is 4.66. The van der Waals surface area contributed by atoms with Gasteiger partial charge in [-0.2, -0.15) is 17.5 Å². The molecule has 0 atom stereocenters. The van der Waals surface area contributed by atoms with Crippen LogP contribution in [0, 0.1) is 0 Å². The van der Waals surface area contributed by atoms with Gasteiger partial charge in [0.2, 0.25) is 0 Å². The van der Waals surface area contributed by atoms with E-state index in [0.717, 1.165) is 183 Å². The largest absolute Gasteiger partial charge is 0.247 e. The van der Waals surface area contributed by atoms with Crippen LogP contribution in [-0.2, 0) is 5.41 Å². The molecule has 0 N–H and O–H groups in total. The standard InChI is InChI=1S/C57H33N5S.C56H37N5S/c1-2-12-36(13-3-1)55-47-28-29-50-56(62-63-61-50)54(47)46-27-26-37(32-52(46)58-55)34-22-24-35(25-23-34)51-33-53(48-30-38-14-4-6-16-40(38)42-18-8-10-20-44(42)48)60-57(59-51)49-31-39-15-5-7-17-41(39)43-19-9-11-21-45(43)49;1-56(2)46-16-10-9-15-42(46)43-27-25-40(31-47(43)56)34-17-21-36(22-18-34)49-33-50(59-55(58-49)39-13-7-4-8-14-39)37-23-19-35(20-24-37)41-26-28-44-51(32-41)57-53(38-11-5-3-6-12-38)45-29-30-48-54(52(44)45)61-62-60-48/h1-33H;3-33H,1-2H3. The van der Waals surface area contributed by atoms with Gasteiger partial charge < -0.3 is 0 Å². The van der Waals surface area contributed by atoms with Crippen LogP contribution < -0.4 is 0 Å². The Morgan fingerprint density at radius 1 is 0.200 bits per heavy atom. The molecule has 24 aromatic rings. The first kappa shape index (κ1) is 73.1. The Bertz CT molecular complexity index is 8350. The van der Waals surface area contributed by atoms with Gasteiger partial charge in [0, 0.05) is 82.2 Å². The summed E-state index contributed by atoms with van der Waals surface area (Å²) in [4.78, 5) is 31.7. The Morgan fingerprint density at radius 3 is 1.08 bits per heavy atom. The number of hydrogen-bond donors (Lipinski definition) is 0. The molecule has 0 aliphatic heterocycles. The van der Waals surface area contributed by atoms with Crippen molar-refractivity contribution in [3.63, 3.8) is 0 Å². The van der Waals surface area contributed by atoms with Gasteiger partial charge in [-0.15, -0.1) is 0 Å². The summed E-state index contributed by atoms with van der Waals surface area (Å²) in [7, 11) is 0. The van der Waals surface area contributed by atoms with Crippen LogP contribution in [0.1, 0.15) is 25.0 Å². The fourth-order valence-electron chi connectivity index (χ4n) is 18.9. The molecule has 25 rings (SSSR count). The molecule has 0 amide bonds. The summed E-state index contributed by atoms with van der Waals surface area (Å²) in [6, 6.07) is 138. The number of benzene rings is 18. The maximum Gasteiger partial charge on any atom is 0.161 e. The third-order valence-electron chi connectivity index (χ3n) is 25.1. The first-order valence-corrected chi connectivity index (χ1v) is 43.4. The summed E-state index contributed by atoms with van der Waals surface area (Å²) >= 11 is 2.50. The van der Waals surface area contributed by atoms with Crippen molar-refractivity contribution in [3.8, 4) is 135 Å². The van der Waals surface area contributed by atoms with Gasteiger partial charge in [-0.25, -0.2) is 29.9 Å². The van der Waals surface area contributed by atoms with E-state index in [9.17, 15) is 0 Å². The van der Waals surface area contributed by atoms with Crippen molar-refractivity contribution < 1.29 is 0 Å². The van der Waals surface area contributed by atoms with E-state index >= 15 is 0 Å². The van der Waals surface area contributed by atoms with Crippen LogP contribution in [0.4, 0.5) is 0 Å². The summed E-state index contributed by atoms with van der Waals surface area (Å²) in [5, 5.41) is 15.9. The molecule has 12 heteroatoms. The summed E-state index contributed by atoms with van der Waals surface area (Å²) in [5.74, 6) is 1.38. The molecule has 18 aromatic carbocycles. The molecule has 125 heavy (non-hydrogen) atoms. The maximum atomic E-state index is 5.45. The van der Waals surface area contributed by atoms with Crippen molar-refractivity contribution in [1.82, 2.24) is 47.4 Å². The number of hydrogen-bond acceptors (Lipinski definition) is 12. The molecule has 6 heterocycles. The Morgan fingerprint density at radius 2 is 0.568 bits per heavy atom. The molecular weight excluding hydrogens is 1560 g/mol. The number of nitrogens with zero attached hydrogens (tertiary/aromatic N) is 10. The smallest absolute Gasteiger partial charge is 0.161 e. The van der Waals surface area contributed by atoms with Crippen LogP contribution in [0.15, 0.2) is 388 Å². The van der Waals surface area contributed by atoms with Gasteiger partial charge in [0.1, 0.15) is 22.1 Å². The zero-order valence-electron chi connectivity index (χ0n) is 67.7. The van der Waals surface area contributed by atoms with Gasteiger partial charge in [0.05, 0.1) is 68.7 Å². The maximum absolute atomic E-state index is 5.45. The topological polar surface area (TPSA) is 129 Å². The number of aromatic nitrogens is 10. The van der Waals surface area contributed by atoms with E-state index in [1.165, 1.54) is 83.8 Å². The number of fused-ring (bicyclic) bond motifs is 19. The van der Waals surface area contributed by atoms with E-state index in [0.29, 0.717) is 11.6 Å². The highest BCUT2D eigenvalue weighted by atomic mass is 32.1. The monoisotopic (exact) mass is 1630 g/mol. The molecule has 0 saturated heterocycles. The highest BCUT2D eigenvalue weighted by molar-refractivity contribution is 7.00. The molecule has 10 nitrogen and oxygen atoms in total. The highest BCUT2D eigenvalue weighted by Gasteiger charge is 2.35. The van der Waals surface area contributed by atoms with Crippen molar-refractivity contribution in [3.05, 3.63) is 399 Å². The Hall–Kier alpha value is -15.9. The molecule has 6 aromatic heterocycles. The van der Waals surface area contributed by atoms with Gasteiger partial charge in [-0.1, -0.05) is 335 Å². The van der Waals surface area contributed by atoms with Crippen LogP contribution in [-0.4, -0.2) is 47.4 Å². The highest BCUT2D eigenvalue weighted by Crippen LogP contribution is 2.51. The van der Waals surface area contributed by atoms with Crippen molar-refractivity contribution in [1.29, 1.82) is 0 Å². The molecule has 1 aliphatic carbocycles. The van der Waals surface area contributed by atoms with E-state index in [1.807, 2.05) is 36.4 Å². The Balaban J connectivity index is 0.000000140. The first-order chi connectivity index (χ1) is 61.7. The quantitative estimate of drug-likeness (QED) is 0.115. The molecule has 584 valence electrons. The minimum absolute atomic E-state index is 0.0484. The van der Waals surface area contributed by atoms with Crippen molar-refractivity contribution in [2.45, 2.75) is 19.3 Å². The van der Waals surface area contributed by atoms with E-state index in [-0.39, 0.29) is 5.41 Å². The molecular formula is C113H70N10S2. The lowest BCUT2D eigenvalue weighted by Gasteiger charge is -2.22. The van der Waals surface area contributed by atoms with Crippen LogP contribution >= 0.6 is 23.5 Å². The van der Waals surface area contributed by atoms with Gasteiger partial charge in [0.25, 0.3) is 0 Å². The second-order valence-electron chi connectivity index (χ2n) is 32.7. The van der Waals surface area contributed by atoms with Crippen LogP contribution in [0.3, 0.4) is 0 Å². The van der Waals surface area contributed by atoms with Crippen LogP contribution in [0.25, 0.3) is 243 Å². The van der Waals surface area contributed by atoms with E-state index in [1.54, 1.807) is 0 Å². The molecule has 0 fully saturated rings. The van der Waals surface area contributed by atoms with Crippen molar-refractivity contribution in [2.24, 2.45) is 0 Å². The lowest BCUT2D eigenvalue weighted by molar-refractivity contribution is 0.660. The molecule has 1 aliphatic rings. The SMILES string of the molecule is CC1(C)c2ccccc2-c2ccc(-c3ccc(-c4cc(-c5ccc(-c6ccc7c(c6)nc(-c6ccccc6)c6ccc8nsnc8c67)cc5)nc(-c5ccccc5)n4)cc3)cc21.c1ccc(-c2nc3cc(-c4ccc(-c5cc(-c6cc7ccccc7c7ccccc67)nc(-c6cc7ccccc7c7ccccc67)n5)cc4)ccc3c3c2ccc2nsnc23)cc1. The third-order valence-corrected chi connectivity index (χ3v) is 26.2. The zero-order chi connectivity index (χ0) is 82.8. The first-order valence-electron chi connectivity index (χ1n) is 42.0. The fourth-order valence-corrected chi connectivity index (χ4v) is 20.0. The summed E-state index contributed by atoms with van der Waals surface area (Å²) in [6.07, 6.45) is 0. The molecule has 0 spiro atoms. The van der Waals surface area contributed by atoms with Gasteiger partial charge >= 0.3 is 0 Å². The second-order valence-corrected chi connectivity index (χ2v) is 33.7. The van der Waals surface area contributed by atoms with E-state index in [4.69, 9.17) is 38.7 Å². The predicted molar refractivity (Wildman–Crippen MR) is 519 cm³/mol. The predicted octanol–water partition coefficient (Wildman–Crippen LogP) is 29.6. The molecule has 0 unspecified atom stereocenters. The Kier molecular flexibility index (Phi) is 17.4. The van der Waals surface area contributed by atoms with Gasteiger partial charge in [-0.3, -0.25) is 0 Å². The summed E-state index contributed by atoms with van der Waals surface area (Å²) < 4.78 is 18.6. The van der Waals surface area contributed by atoms with Gasteiger partial charge in [0.15, 0.2) is 11.6 Å². The Labute approximate surface area is 727 Å². The molecule has 0 saturated carbocycles. The van der Waals surface area contributed by atoms with Gasteiger partial charge in [-0.05, 0) is 165 Å². The lowest BCUT2D eigenvalue weighted by atomic mass is 9.81. The summed E-state index contributed by atoms with van der Waals surface area (Å²) in [5.41, 5.74) is 31.2. The fraction of sp³-hybridized carbons (Fsp3) is 0.0265. The average molecular weight is 1630 g/mol. The molecule has 0 radical (unpaired) electrons. The van der Waals surface area contributed by atoms with Crippen molar-refractivity contribution in [2.75, 3.05) is 0 Å². The number of rotatable bonds is 11. The minimum atomic E-state index is -0.0484. The second kappa shape index (κ2) is 29.8. The lowest BCUT2D eigenvalue weighted by Crippen LogP contribution is -2.14. The minimum Gasteiger partial charge on any atom is -0.247 e. The van der Waals surface area contributed by atoms with E-state index in [2.05, 4.69) is 374 Å². The normalized spacial score (nSPS) is 12.3. The third kappa shape index (κ3) is 12.7. The van der Waals surface area contributed by atoms with Crippen LogP contribution in [0.2, 0.25) is 0 Å². The zero-order valence-corrected chi connectivity index (χ0v) is 69.4. The van der Waals surface area contributed by atoms with Crippen LogP contribution in [0.5, 0.6) is 0 Å². The molecule has 0 bridgehead atoms. The number of pyridine rings is 2. The van der Waals surface area contributed by atoms with E-state index < -0.39 is 0 Å². The van der Waals surface area contributed by atoms with Crippen molar-refractivity contribution >= 4 is 132 Å². The average Bonchev–Trinajstić information content (AvgIpc) is 1.48.